The van der Waals surface area contributed by atoms with E-state index in [9.17, 15) is 9.59 Å². The van der Waals surface area contributed by atoms with E-state index in [2.05, 4.69) is 29.1 Å². The minimum atomic E-state index is -0.0816. The van der Waals surface area contributed by atoms with Gasteiger partial charge in [0.1, 0.15) is 10.7 Å². The van der Waals surface area contributed by atoms with Crippen LogP contribution in [0.2, 0.25) is 0 Å². The number of amides is 1. The number of carbonyl (C=O) groups excluding carboxylic acids is 1. The lowest BCUT2D eigenvalue weighted by Gasteiger charge is -2.34. The fourth-order valence-electron chi connectivity index (χ4n) is 3.64. The molecule has 1 amide bonds. The summed E-state index contributed by atoms with van der Waals surface area (Å²) in [5.74, 6) is 2.84. The average Bonchev–Trinajstić information content (AvgIpc) is 2.86. The minimum Gasteiger partial charge on any atom is -0.352 e. The van der Waals surface area contributed by atoms with Gasteiger partial charge in [-0.05, 0) is 37.7 Å². The van der Waals surface area contributed by atoms with Gasteiger partial charge in [-0.3, -0.25) is 9.59 Å². The van der Waals surface area contributed by atoms with Crippen molar-refractivity contribution in [2.45, 2.75) is 58.8 Å². The second-order valence-electron chi connectivity index (χ2n) is 7.41. The first-order chi connectivity index (χ1) is 12.4. The number of aryl methyl sites for hydroxylation is 2. The van der Waals surface area contributed by atoms with E-state index in [0.717, 1.165) is 21.7 Å². The topological polar surface area (TPSA) is 74.8 Å². The number of hydrogen-bond donors (Lipinski definition) is 2. The van der Waals surface area contributed by atoms with Crippen molar-refractivity contribution in [3.63, 3.8) is 0 Å². The van der Waals surface area contributed by atoms with Crippen LogP contribution in [0.5, 0.6) is 0 Å². The zero-order chi connectivity index (χ0) is 18.8. The van der Waals surface area contributed by atoms with Crippen molar-refractivity contribution >= 4 is 39.2 Å². The molecule has 0 aromatic carbocycles. The largest absolute Gasteiger partial charge is 0.352 e. The Kier molecular flexibility index (Phi) is 6.07. The molecule has 7 heteroatoms. The van der Waals surface area contributed by atoms with Gasteiger partial charge >= 0.3 is 0 Å². The fraction of sp³-hybridized carbons (Fsp3) is 0.632. The first-order valence-electron chi connectivity index (χ1n) is 9.22. The van der Waals surface area contributed by atoms with E-state index in [-0.39, 0.29) is 11.5 Å². The number of rotatable bonds is 5. The number of thiophene rings is 1. The Bertz CT molecular complexity index is 858. The first kappa shape index (κ1) is 19.4. The smallest absolute Gasteiger partial charge is 0.259 e. The van der Waals surface area contributed by atoms with Crippen LogP contribution < -0.4 is 10.9 Å². The van der Waals surface area contributed by atoms with E-state index in [1.54, 1.807) is 11.3 Å². The van der Waals surface area contributed by atoms with Crippen LogP contribution in [0, 0.1) is 25.7 Å². The van der Waals surface area contributed by atoms with Crippen molar-refractivity contribution in [1.29, 1.82) is 0 Å². The molecule has 1 aliphatic carbocycles. The third-order valence-electron chi connectivity index (χ3n) is 5.61. The molecule has 0 bridgehead atoms. The van der Waals surface area contributed by atoms with Crippen molar-refractivity contribution in [3.05, 3.63) is 26.6 Å². The lowest BCUT2D eigenvalue weighted by atomic mass is 9.78. The number of thioether (sulfide) groups is 1. The number of H-pyrrole nitrogens is 1. The number of nitrogens with zero attached hydrogens (tertiary/aromatic N) is 1. The molecule has 3 rings (SSSR count). The number of fused-ring (bicyclic) bond motifs is 1. The Balaban J connectivity index is 1.55. The van der Waals surface area contributed by atoms with Crippen LogP contribution in [-0.2, 0) is 10.5 Å². The molecule has 0 unspecified atom stereocenters. The Morgan fingerprint density at radius 2 is 2.12 bits per heavy atom. The Hall–Kier alpha value is -1.34. The maximum Gasteiger partial charge on any atom is 0.259 e. The third-order valence-corrected chi connectivity index (χ3v) is 7.66. The van der Waals surface area contributed by atoms with E-state index in [1.807, 2.05) is 13.8 Å². The number of aromatic amines is 1. The molecule has 142 valence electrons. The molecule has 0 aliphatic heterocycles. The van der Waals surface area contributed by atoms with E-state index >= 15 is 0 Å². The van der Waals surface area contributed by atoms with E-state index < -0.39 is 0 Å². The first-order valence-corrected chi connectivity index (χ1v) is 11.2. The summed E-state index contributed by atoms with van der Waals surface area (Å²) in [4.78, 5) is 33.9. The normalized spacial score (nSPS) is 23.3. The van der Waals surface area contributed by atoms with Gasteiger partial charge in [-0.25, -0.2) is 4.98 Å². The van der Waals surface area contributed by atoms with Crippen LogP contribution in [-0.4, -0.2) is 27.7 Å². The summed E-state index contributed by atoms with van der Waals surface area (Å²) >= 11 is 3.04. The summed E-state index contributed by atoms with van der Waals surface area (Å²) in [5, 5.41) is 3.88. The van der Waals surface area contributed by atoms with Gasteiger partial charge in [-0.15, -0.1) is 23.1 Å². The molecular weight excluding hydrogens is 366 g/mol. The number of nitrogens with one attached hydrogen (secondary N) is 2. The molecule has 2 aromatic rings. The van der Waals surface area contributed by atoms with E-state index in [4.69, 9.17) is 0 Å². The zero-order valence-electron chi connectivity index (χ0n) is 15.8. The summed E-state index contributed by atoms with van der Waals surface area (Å²) < 4.78 is 0. The molecule has 0 radical (unpaired) electrons. The molecule has 1 aliphatic rings. The highest BCUT2D eigenvalue weighted by Crippen LogP contribution is 2.29. The maximum absolute atomic E-state index is 12.3. The fourth-order valence-corrected chi connectivity index (χ4v) is 5.39. The second kappa shape index (κ2) is 8.13. The van der Waals surface area contributed by atoms with Crippen LogP contribution in [0.15, 0.2) is 4.79 Å². The molecule has 26 heavy (non-hydrogen) atoms. The highest BCUT2D eigenvalue weighted by atomic mass is 32.2. The highest BCUT2D eigenvalue weighted by Gasteiger charge is 2.27. The third kappa shape index (κ3) is 4.14. The van der Waals surface area contributed by atoms with Gasteiger partial charge in [0.2, 0.25) is 5.91 Å². The standard InChI is InChI=1S/C19H27N3O2S2/c1-10-6-5-7-14(11(10)2)20-16(23)9-25-8-15-21-18(24)17-12(3)13(4)26-19(17)22-15/h10-11,14H,5-9H2,1-4H3,(H,20,23)(H,21,22,24)/t10-,11+,14+/m1/s1. The van der Waals surface area contributed by atoms with Crippen LogP contribution in [0.4, 0.5) is 0 Å². The van der Waals surface area contributed by atoms with Gasteiger partial charge in [0.25, 0.3) is 5.56 Å². The molecular formula is C19H27N3O2S2. The molecule has 2 aromatic heterocycles. The monoisotopic (exact) mass is 393 g/mol. The predicted molar refractivity (Wildman–Crippen MR) is 110 cm³/mol. The summed E-state index contributed by atoms with van der Waals surface area (Å²) in [7, 11) is 0. The summed E-state index contributed by atoms with van der Waals surface area (Å²) in [6.45, 7) is 8.46. The van der Waals surface area contributed by atoms with Crippen LogP contribution in [0.3, 0.4) is 0 Å². The summed E-state index contributed by atoms with van der Waals surface area (Å²) in [6, 6.07) is 0.290. The molecule has 2 N–H and O–H groups in total. The zero-order valence-corrected chi connectivity index (χ0v) is 17.5. The van der Waals surface area contributed by atoms with E-state index in [1.165, 1.54) is 24.6 Å². The molecule has 1 fully saturated rings. The molecule has 0 spiro atoms. The van der Waals surface area contributed by atoms with Crippen molar-refractivity contribution in [1.82, 2.24) is 15.3 Å². The van der Waals surface area contributed by atoms with Crippen LogP contribution >= 0.6 is 23.1 Å². The van der Waals surface area contributed by atoms with Gasteiger partial charge in [0.15, 0.2) is 0 Å². The van der Waals surface area contributed by atoms with E-state index in [0.29, 0.717) is 40.6 Å². The molecule has 1 saturated carbocycles. The van der Waals surface area contributed by atoms with Gasteiger partial charge in [-0.2, -0.15) is 0 Å². The van der Waals surface area contributed by atoms with Crippen LogP contribution in [0.1, 0.15) is 49.4 Å². The quantitative estimate of drug-likeness (QED) is 0.811. The highest BCUT2D eigenvalue weighted by molar-refractivity contribution is 7.99. The molecule has 3 atom stereocenters. The summed E-state index contributed by atoms with van der Waals surface area (Å²) in [5.41, 5.74) is 0.926. The lowest BCUT2D eigenvalue weighted by Crippen LogP contribution is -2.44. The number of carbonyl (C=O) groups is 1. The Morgan fingerprint density at radius 3 is 2.88 bits per heavy atom. The van der Waals surface area contributed by atoms with Crippen molar-refractivity contribution in [3.8, 4) is 0 Å². The SMILES string of the molecule is Cc1sc2nc(CSCC(=O)N[C@H]3CCC[C@@H](C)[C@@H]3C)[nH]c(=O)c2c1C. The second-order valence-corrected chi connectivity index (χ2v) is 9.60. The summed E-state index contributed by atoms with van der Waals surface area (Å²) in [6.07, 6.45) is 3.52. The van der Waals surface area contributed by atoms with Crippen molar-refractivity contribution in [2.24, 2.45) is 11.8 Å². The van der Waals surface area contributed by atoms with Gasteiger partial charge < -0.3 is 10.3 Å². The maximum atomic E-state index is 12.3. The van der Waals surface area contributed by atoms with Crippen molar-refractivity contribution in [2.75, 3.05) is 5.75 Å². The Labute approximate surface area is 162 Å². The van der Waals surface area contributed by atoms with Crippen LogP contribution in [0.25, 0.3) is 10.2 Å². The average molecular weight is 394 g/mol. The molecule has 2 heterocycles. The molecule has 5 nitrogen and oxygen atoms in total. The van der Waals surface area contributed by atoms with Gasteiger partial charge in [0, 0.05) is 10.9 Å². The predicted octanol–water partition coefficient (Wildman–Crippen LogP) is 3.78. The Morgan fingerprint density at radius 1 is 1.35 bits per heavy atom. The van der Waals surface area contributed by atoms with Crippen molar-refractivity contribution < 1.29 is 4.79 Å². The molecule has 0 saturated heterocycles. The number of aromatic nitrogens is 2. The number of hydrogen-bond acceptors (Lipinski definition) is 5. The van der Waals surface area contributed by atoms with Gasteiger partial charge in [-0.1, -0.05) is 26.7 Å². The minimum absolute atomic E-state index is 0.0761. The van der Waals surface area contributed by atoms with Gasteiger partial charge in [0.05, 0.1) is 16.9 Å². The lowest BCUT2D eigenvalue weighted by molar-refractivity contribution is -0.119.